The molecule has 0 spiro atoms. The fourth-order valence-electron chi connectivity index (χ4n) is 1.67. The van der Waals surface area contributed by atoms with Gasteiger partial charge in [-0.05, 0) is 5.56 Å². The zero-order valence-corrected chi connectivity index (χ0v) is 16.2. The number of aromatic nitrogens is 1. The van der Waals surface area contributed by atoms with Crippen LogP contribution in [0.2, 0.25) is 15.2 Å². The molecule has 1 heterocycles. The molecule has 0 aliphatic rings. The van der Waals surface area contributed by atoms with Gasteiger partial charge in [-0.3, -0.25) is 5.32 Å². The predicted molar refractivity (Wildman–Crippen MR) is 98.8 cm³/mol. The van der Waals surface area contributed by atoms with Gasteiger partial charge in [0.25, 0.3) is 0 Å². The van der Waals surface area contributed by atoms with Crippen LogP contribution >= 0.6 is 69.6 Å². The van der Waals surface area contributed by atoms with Crippen molar-refractivity contribution in [3.8, 4) is 0 Å². The highest BCUT2D eigenvalue weighted by Crippen LogP contribution is 2.46. The van der Waals surface area contributed by atoms with Gasteiger partial charge in [0, 0.05) is 0 Å². The van der Waals surface area contributed by atoms with E-state index in [4.69, 9.17) is 74.3 Å². The van der Waals surface area contributed by atoms with Gasteiger partial charge in [0.05, 0.1) is 10.7 Å². The molecule has 24 heavy (non-hydrogen) atoms. The highest BCUT2D eigenvalue weighted by Gasteiger charge is 2.32. The normalized spacial score (nSPS) is 11.2. The monoisotopic (exact) mass is 446 g/mol. The number of carbonyl (C=O) groups is 1. The minimum Gasteiger partial charge on any atom is -0.444 e. The first-order valence-corrected chi connectivity index (χ1v) is 8.56. The number of rotatable bonds is 3. The Hall–Kier alpha value is -0.620. The van der Waals surface area contributed by atoms with Crippen LogP contribution in [-0.2, 0) is 15.1 Å². The van der Waals surface area contributed by atoms with E-state index < -0.39 is 9.89 Å². The van der Waals surface area contributed by atoms with E-state index in [1.165, 1.54) is 0 Å². The molecule has 1 N–H and O–H groups in total. The number of benzene rings is 1. The summed E-state index contributed by atoms with van der Waals surface area (Å²) in [6.45, 7) is 0.0536. The lowest BCUT2D eigenvalue weighted by Crippen LogP contribution is -2.16. The highest BCUT2D eigenvalue weighted by atomic mass is 35.6. The summed E-state index contributed by atoms with van der Waals surface area (Å²) in [7, 11) is 0. The molecule has 0 radical (unpaired) electrons. The average Bonchev–Trinajstić information content (AvgIpc) is 2.53. The topological polar surface area (TPSA) is 51.2 Å². The maximum atomic E-state index is 11.9. The third-order valence-electron chi connectivity index (χ3n) is 2.75. The highest BCUT2D eigenvalue weighted by molar-refractivity contribution is 6.67. The number of carbonyl (C=O) groups excluding carboxylic acids is 1. The summed E-state index contributed by atoms with van der Waals surface area (Å²) in [5.41, 5.74) is 0.583. The Balaban J connectivity index is 2.19. The van der Waals surface area contributed by atoms with Crippen LogP contribution in [-0.4, -0.2) is 11.1 Å². The van der Waals surface area contributed by atoms with Crippen molar-refractivity contribution in [3.63, 3.8) is 0 Å². The second kappa shape index (κ2) is 8.17. The molecule has 1 aromatic carbocycles. The van der Waals surface area contributed by atoms with E-state index in [1.54, 1.807) is 12.1 Å². The number of nitrogens with zero attached hydrogens (tertiary/aromatic N) is 1. The summed E-state index contributed by atoms with van der Waals surface area (Å²) in [5.74, 6) is 0. The molecule has 0 atom stereocenters. The van der Waals surface area contributed by atoms with Gasteiger partial charge in [-0.2, -0.15) is 0 Å². The van der Waals surface area contributed by atoms with E-state index in [0.717, 1.165) is 5.56 Å². The minimum atomic E-state index is -1.95. The Kier molecular flexibility index (Phi) is 6.71. The summed E-state index contributed by atoms with van der Waals surface area (Å²) in [6.07, 6.45) is -0.805. The van der Waals surface area contributed by atoms with Crippen molar-refractivity contribution in [2.45, 2.75) is 10.4 Å². The molecule has 128 valence electrons. The molecular weight excluding hydrogens is 441 g/mol. The second-order valence-electron chi connectivity index (χ2n) is 4.44. The Morgan fingerprint density at radius 3 is 2.29 bits per heavy atom. The van der Waals surface area contributed by atoms with Gasteiger partial charge in [0.1, 0.15) is 22.5 Å². The first-order valence-electron chi connectivity index (χ1n) is 6.29. The van der Waals surface area contributed by atoms with Crippen LogP contribution in [0.5, 0.6) is 0 Å². The zero-order valence-electron chi connectivity index (χ0n) is 11.6. The van der Waals surface area contributed by atoms with Crippen LogP contribution in [0, 0.1) is 0 Å². The standard InChI is InChI=1S/C14H8Cl6N2O2/c15-8-10(9(16)12(17)22-11(8)14(18,19)20)21-13(23)24-6-7-4-2-1-3-5-7/h1-5H,6H2,(H,21,22,23). The molecule has 2 aromatic rings. The SMILES string of the molecule is O=C(Nc1c(Cl)c(Cl)nc(C(Cl)(Cl)Cl)c1Cl)OCc1ccccc1. The van der Waals surface area contributed by atoms with Crippen molar-refractivity contribution < 1.29 is 9.53 Å². The Morgan fingerprint density at radius 2 is 1.71 bits per heavy atom. The molecule has 2 rings (SSSR count). The lowest BCUT2D eigenvalue weighted by molar-refractivity contribution is 0.155. The molecule has 1 aromatic heterocycles. The van der Waals surface area contributed by atoms with Crippen molar-refractivity contribution in [1.82, 2.24) is 4.98 Å². The van der Waals surface area contributed by atoms with Crippen LogP contribution in [0.25, 0.3) is 0 Å². The number of anilines is 1. The minimum absolute atomic E-state index is 0.0536. The van der Waals surface area contributed by atoms with Gasteiger partial charge in [-0.15, -0.1) is 0 Å². The molecule has 0 saturated carbocycles. The van der Waals surface area contributed by atoms with Gasteiger partial charge >= 0.3 is 6.09 Å². The van der Waals surface area contributed by atoms with E-state index in [0.29, 0.717) is 0 Å². The number of hydrogen-bond donors (Lipinski definition) is 1. The van der Waals surface area contributed by atoms with E-state index >= 15 is 0 Å². The molecule has 0 aliphatic heterocycles. The van der Waals surface area contributed by atoms with Gasteiger partial charge in [-0.25, -0.2) is 9.78 Å². The fourth-order valence-corrected chi connectivity index (χ4v) is 2.97. The van der Waals surface area contributed by atoms with Crippen molar-refractivity contribution in [3.05, 3.63) is 56.8 Å². The lowest BCUT2D eigenvalue weighted by Gasteiger charge is -2.17. The predicted octanol–water partition coefficient (Wildman–Crippen LogP) is 6.62. The second-order valence-corrected chi connectivity index (χ2v) is 7.83. The molecule has 4 nitrogen and oxygen atoms in total. The Bertz CT molecular complexity index is 749. The molecule has 0 saturated heterocycles. The first kappa shape index (κ1) is 19.7. The maximum absolute atomic E-state index is 11.9. The van der Waals surface area contributed by atoms with Crippen molar-refractivity contribution in [1.29, 1.82) is 0 Å². The number of amides is 1. The molecule has 0 bridgehead atoms. The quantitative estimate of drug-likeness (QED) is 0.424. The number of nitrogens with one attached hydrogen (secondary N) is 1. The van der Waals surface area contributed by atoms with Crippen molar-refractivity contribution in [2.24, 2.45) is 0 Å². The van der Waals surface area contributed by atoms with Crippen LogP contribution in [0.15, 0.2) is 30.3 Å². The number of ether oxygens (including phenoxy) is 1. The van der Waals surface area contributed by atoms with Crippen molar-refractivity contribution >= 4 is 81.4 Å². The smallest absolute Gasteiger partial charge is 0.412 e. The molecule has 1 amide bonds. The first-order chi connectivity index (χ1) is 11.2. The lowest BCUT2D eigenvalue weighted by atomic mass is 10.2. The Morgan fingerprint density at radius 1 is 1.08 bits per heavy atom. The zero-order chi connectivity index (χ0) is 17.9. The van der Waals surface area contributed by atoms with E-state index in [1.807, 2.05) is 18.2 Å². The number of halogens is 6. The molecule has 0 unspecified atom stereocenters. The molecule has 0 aliphatic carbocycles. The maximum Gasteiger partial charge on any atom is 0.412 e. The van der Waals surface area contributed by atoms with Crippen LogP contribution in [0.3, 0.4) is 0 Å². The molecular formula is C14H8Cl6N2O2. The average molecular weight is 449 g/mol. The number of alkyl halides is 3. The van der Waals surface area contributed by atoms with Gasteiger partial charge < -0.3 is 4.74 Å². The van der Waals surface area contributed by atoms with E-state index in [-0.39, 0.29) is 33.2 Å². The van der Waals surface area contributed by atoms with E-state index in [9.17, 15) is 4.79 Å². The third kappa shape index (κ3) is 4.94. The summed E-state index contributed by atoms with van der Waals surface area (Å²) < 4.78 is 3.13. The van der Waals surface area contributed by atoms with Crippen LogP contribution in [0.1, 0.15) is 11.3 Å². The van der Waals surface area contributed by atoms with Crippen molar-refractivity contribution in [2.75, 3.05) is 5.32 Å². The fraction of sp³-hybridized carbons (Fsp3) is 0.143. The summed E-state index contributed by atoms with van der Waals surface area (Å²) in [6, 6.07) is 9.09. The van der Waals surface area contributed by atoms with E-state index in [2.05, 4.69) is 10.3 Å². The van der Waals surface area contributed by atoms with Gasteiger partial charge in [0.2, 0.25) is 3.79 Å². The van der Waals surface area contributed by atoms with Gasteiger partial charge in [0.15, 0.2) is 0 Å². The molecule has 0 fully saturated rings. The summed E-state index contributed by atoms with van der Waals surface area (Å²) in [4.78, 5) is 15.8. The summed E-state index contributed by atoms with van der Waals surface area (Å²) in [5, 5.41) is 1.94. The van der Waals surface area contributed by atoms with Crippen LogP contribution in [0.4, 0.5) is 10.5 Å². The largest absolute Gasteiger partial charge is 0.444 e. The number of pyridine rings is 1. The number of hydrogen-bond acceptors (Lipinski definition) is 3. The van der Waals surface area contributed by atoms with Crippen LogP contribution < -0.4 is 5.32 Å². The Labute approximate surface area is 167 Å². The molecule has 10 heteroatoms. The van der Waals surface area contributed by atoms with Gasteiger partial charge in [-0.1, -0.05) is 99.9 Å². The summed E-state index contributed by atoms with van der Waals surface area (Å²) >= 11 is 35.3. The third-order valence-corrected chi connectivity index (χ3v) is 4.39.